The molecule has 4 heteroatoms. The van der Waals surface area contributed by atoms with Gasteiger partial charge >= 0.3 is 0 Å². The van der Waals surface area contributed by atoms with Crippen LogP contribution in [0.15, 0.2) is 41.7 Å². The summed E-state index contributed by atoms with van der Waals surface area (Å²) >= 11 is 0. The van der Waals surface area contributed by atoms with Crippen LogP contribution in [0.2, 0.25) is 0 Å². The standard InChI is InChI=1S/C15H17NO3/c1-3-16-12(9-11-7-5-4-6-8-11)14(18)13(10(2)17)15(16)19/h4-8,12,18H,3,9H2,1-2H3. The molecule has 1 aromatic rings. The number of hydrogen-bond donors (Lipinski definition) is 1. The van der Waals surface area contributed by atoms with Crippen LogP contribution in [0.3, 0.4) is 0 Å². The number of likely N-dealkylation sites (N-methyl/N-ethyl adjacent to an activating group) is 1. The Labute approximate surface area is 112 Å². The van der Waals surface area contributed by atoms with E-state index in [1.54, 1.807) is 4.90 Å². The molecule has 1 N–H and O–H groups in total. The molecule has 0 aromatic heterocycles. The molecule has 100 valence electrons. The third-order valence-electron chi connectivity index (χ3n) is 3.39. The lowest BCUT2D eigenvalue weighted by Crippen LogP contribution is -2.37. The number of Topliss-reactive ketones (excluding diaryl/α,β-unsaturated/α-hetero) is 1. The molecule has 1 aromatic carbocycles. The molecule has 1 unspecified atom stereocenters. The second kappa shape index (κ2) is 5.26. The topological polar surface area (TPSA) is 57.6 Å². The van der Waals surface area contributed by atoms with E-state index in [1.165, 1.54) is 6.92 Å². The first-order valence-electron chi connectivity index (χ1n) is 6.35. The van der Waals surface area contributed by atoms with E-state index < -0.39 is 6.04 Å². The van der Waals surface area contributed by atoms with Crippen molar-refractivity contribution >= 4 is 11.7 Å². The van der Waals surface area contributed by atoms with Gasteiger partial charge in [-0.05, 0) is 19.4 Å². The highest BCUT2D eigenvalue weighted by molar-refractivity contribution is 6.20. The SMILES string of the molecule is CCN1C(=O)C(C(C)=O)=C(O)C1Cc1ccccc1. The summed E-state index contributed by atoms with van der Waals surface area (Å²) in [5.41, 5.74) is 0.956. The first-order valence-corrected chi connectivity index (χ1v) is 6.35. The average molecular weight is 259 g/mol. The van der Waals surface area contributed by atoms with Crippen LogP contribution < -0.4 is 0 Å². The molecule has 0 fully saturated rings. The number of hydrogen-bond acceptors (Lipinski definition) is 3. The maximum absolute atomic E-state index is 12.1. The highest BCUT2D eigenvalue weighted by Gasteiger charge is 2.40. The van der Waals surface area contributed by atoms with Crippen molar-refractivity contribution < 1.29 is 14.7 Å². The van der Waals surface area contributed by atoms with E-state index in [2.05, 4.69) is 0 Å². The van der Waals surface area contributed by atoms with Crippen molar-refractivity contribution in [2.45, 2.75) is 26.3 Å². The molecule has 1 aliphatic heterocycles. The van der Waals surface area contributed by atoms with Crippen LogP contribution >= 0.6 is 0 Å². The Morgan fingerprint density at radius 3 is 2.47 bits per heavy atom. The lowest BCUT2D eigenvalue weighted by molar-refractivity contribution is -0.128. The van der Waals surface area contributed by atoms with Crippen molar-refractivity contribution in [3.05, 3.63) is 47.2 Å². The molecule has 0 bridgehead atoms. The molecular formula is C15H17NO3. The molecule has 0 saturated heterocycles. The van der Waals surface area contributed by atoms with Gasteiger partial charge in [0.15, 0.2) is 5.78 Å². The summed E-state index contributed by atoms with van der Waals surface area (Å²) in [6.45, 7) is 3.62. The summed E-state index contributed by atoms with van der Waals surface area (Å²) in [7, 11) is 0. The summed E-state index contributed by atoms with van der Waals surface area (Å²) in [4.78, 5) is 25.1. The number of carbonyl (C=O) groups excluding carboxylic acids is 2. The zero-order valence-corrected chi connectivity index (χ0v) is 11.1. The molecule has 1 amide bonds. The molecule has 1 heterocycles. The first kappa shape index (κ1) is 13.3. The van der Waals surface area contributed by atoms with Gasteiger partial charge in [0.25, 0.3) is 5.91 Å². The van der Waals surface area contributed by atoms with Gasteiger partial charge in [0.1, 0.15) is 11.3 Å². The Bertz CT molecular complexity index is 534. The number of nitrogens with zero attached hydrogens (tertiary/aromatic N) is 1. The fourth-order valence-electron chi connectivity index (χ4n) is 2.45. The lowest BCUT2D eigenvalue weighted by Gasteiger charge is -2.23. The van der Waals surface area contributed by atoms with Crippen LogP contribution in [0.1, 0.15) is 19.4 Å². The van der Waals surface area contributed by atoms with Gasteiger partial charge < -0.3 is 10.0 Å². The van der Waals surface area contributed by atoms with Crippen molar-refractivity contribution in [3.8, 4) is 0 Å². The largest absolute Gasteiger partial charge is 0.509 e. The van der Waals surface area contributed by atoms with E-state index >= 15 is 0 Å². The molecule has 0 saturated carbocycles. The monoisotopic (exact) mass is 259 g/mol. The zero-order chi connectivity index (χ0) is 14.0. The maximum atomic E-state index is 12.1. The number of amides is 1. The predicted molar refractivity (Wildman–Crippen MR) is 71.7 cm³/mol. The quantitative estimate of drug-likeness (QED) is 0.840. The molecule has 1 aliphatic rings. The van der Waals surface area contributed by atoms with E-state index in [0.29, 0.717) is 13.0 Å². The van der Waals surface area contributed by atoms with Crippen molar-refractivity contribution in [1.82, 2.24) is 4.90 Å². The minimum Gasteiger partial charge on any atom is -0.509 e. The minimum atomic E-state index is -0.432. The third-order valence-corrected chi connectivity index (χ3v) is 3.39. The summed E-state index contributed by atoms with van der Waals surface area (Å²) in [5, 5.41) is 10.1. The number of carbonyl (C=O) groups is 2. The van der Waals surface area contributed by atoms with Crippen LogP contribution in [0.5, 0.6) is 0 Å². The molecule has 0 spiro atoms. The van der Waals surface area contributed by atoms with Crippen molar-refractivity contribution in [2.24, 2.45) is 0 Å². The van der Waals surface area contributed by atoms with Gasteiger partial charge in [-0.1, -0.05) is 30.3 Å². The van der Waals surface area contributed by atoms with E-state index in [0.717, 1.165) is 5.56 Å². The zero-order valence-electron chi connectivity index (χ0n) is 11.1. The fourth-order valence-corrected chi connectivity index (χ4v) is 2.45. The fraction of sp³-hybridized carbons (Fsp3) is 0.333. The van der Waals surface area contributed by atoms with Crippen LogP contribution in [0.4, 0.5) is 0 Å². The molecular weight excluding hydrogens is 242 g/mol. The lowest BCUT2D eigenvalue weighted by atomic mass is 10.0. The van der Waals surface area contributed by atoms with Gasteiger partial charge in [0.2, 0.25) is 0 Å². The Balaban J connectivity index is 2.32. The molecule has 1 atom stereocenters. The van der Waals surface area contributed by atoms with E-state index in [9.17, 15) is 14.7 Å². The molecule has 2 rings (SSSR count). The summed E-state index contributed by atoms with van der Waals surface area (Å²) < 4.78 is 0. The number of ketones is 1. The Morgan fingerprint density at radius 2 is 1.95 bits per heavy atom. The van der Waals surface area contributed by atoms with Gasteiger partial charge in [0, 0.05) is 13.0 Å². The first-order chi connectivity index (χ1) is 9.06. The molecule has 0 radical (unpaired) electrons. The molecule has 19 heavy (non-hydrogen) atoms. The maximum Gasteiger partial charge on any atom is 0.261 e. The number of aliphatic hydroxyl groups is 1. The molecule has 4 nitrogen and oxygen atoms in total. The highest BCUT2D eigenvalue weighted by atomic mass is 16.3. The van der Waals surface area contributed by atoms with Crippen molar-refractivity contribution in [1.29, 1.82) is 0 Å². The van der Waals surface area contributed by atoms with Gasteiger partial charge in [0.05, 0.1) is 6.04 Å². The predicted octanol–water partition coefficient (Wildman–Crippen LogP) is 1.86. The summed E-state index contributed by atoms with van der Waals surface area (Å²) in [6, 6.07) is 9.19. The number of benzene rings is 1. The van der Waals surface area contributed by atoms with E-state index in [4.69, 9.17) is 0 Å². The number of rotatable bonds is 4. The van der Waals surface area contributed by atoms with E-state index in [1.807, 2.05) is 37.3 Å². The number of aliphatic hydroxyl groups excluding tert-OH is 1. The third kappa shape index (κ3) is 2.38. The second-order valence-corrected chi connectivity index (χ2v) is 4.61. The van der Waals surface area contributed by atoms with Gasteiger partial charge in [-0.2, -0.15) is 0 Å². The molecule has 0 aliphatic carbocycles. The van der Waals surface area contributed by atoms with Gasteiger partial charge in [-0.25, -0.2) is 0 Å². The second-order valence-electron chi connectivity index (χ2n) is 4.61. The summed E-state index contributed by atoms with van der Waals surface area (Å²) in [6.07, 6.45) is 0.517. The Kier molecular flexibility index (Phi) is 3.69. The van der Waals surface area contributed by atoms with E-state index in [-0.39, 0.29) is 23.0 Å². The van der Waals surface area contributed by atoms with Crippen LogP contribution in [-0.4, -0.2) is 34.3 Å². The average Bonchev–Trinajstić information content (AvgIpc) is 2.62. The van der Waals surface area contributed by atoms with Crippen LogP contribution in [0.25, 0.3) is 0 Å². The highest BCUT2D eigenvalue weighted by Crippen LogP contribution is 2.27. The minimum absolute atomic E-state index is 0.0669. The normalized spacial score (nSPS) is 19.2. The van der Waals surface area contributed by atoms with Gasteiger partial charge in [-0.15, -0.1) is 0 Å². The Hall–Kier alpha value is -2.10. The smallest absolute Gasteiger partial charge is 0.261 e. The van der Waals surface area contributed by atoms with Crippen molar-refractivity contribution in [2.75, 3.05) is 6.54 Å². The Morgan fingerprint density at radius 1 is 1.32 bits per heavy atom. The summed E-state index contributed by atoms with van der Waals surface area (Å²) in [5.74, 6) is -0.840. The van der Waals surface area contributed by atoms with Gasteiger partial charge in [-0.3, -0.25) is 9.59 Å². The van der Waals surface area contributed by atoms with Crippen LogP contribution in [-0.2, 0) is 16.0 Å². The van der Waals surface area contributed by atoms with Crippen LogP contribution in [0, 0.1) is 0 Å². The van der Waals surface area contributed by atoms with Crippen molar-refractivity contribution in [3.63, 3.8) is 0 Å².